The Balaban J connectivity index is 1.78. The van der Waals surface area contributed by atoms with Crippen LogP contribution in [-0.2, 0) is 10.9 Å². The summed E-state index contributed by atoms with van der Waals surface area (Å²) in [5, 5.41) is 6.10. The van der Waals surface area contributed by atoms with Crippen molar-refractivity contribution in [2.24, 2.45) is 0 Å². The number of halogens is 3. The molecule has 2 aromatic carbocycles. The van der Waals surface area contributed by atoms with Crippen LogP contribution in [0.4, 0.5) is 30.2 Å². The molecule has 9 heteroatoms. The van der Waals surface area contributed by atoms with E-state index in [9.17, 15) is 13.2 Å². The third-order valence-corrected chi connectivity index (χ3v) is 4.55. The quantitative estimate of drug-likeness (QED) is 0.675. The Morgan fingerprint density at radius 1 is 1.10 bits per heavy atom. The average molecular weight is 425 g/mol. The number of hydrogen-bond donors (Lipinski definition) is 2. The molecule has 2 N–H and O–H groups in total. The van der Waals surface area contributed by atoms with Gasteiger partial charge in [0.15, 0.2) is 5.11 Å². The first kappa shape index (κ1) is 21.2. The fraction of sp³-hybridized carbons (Fsp3) is 0.350. The minimum atomic E-state index is -4.44. The Bertz CT molecular complexity index is 838. The standard InChI is InChI=1S/C20H22F3N3O2S/c1-2-28-16-6-4-15(5-7-16)24-19(29)25-17-13-14(20(21,22)23)3-8-18(17)26-9-11-27-12-10-26/h3-8,13H,2,9-12H2,1H3,(H2,24,25,29). The number of benzene rings is 2. The molecule has 0 bridgehead atoms. The van der Waals surface area contributed by atoms with Crippen LogP contribution >= 0.6 is 12.2 Å². The third kappa shape index (κ3) is 5.74. The van der Waals surface area contributed by atoms with E-state index in [1.807, 2.05) is 11.8 Å². The third-order valence-electron chi connectivity index (χ3n) is 4.35. The van der Waals surface area contributed by atoms with Crippen LogP contribution in [-0.4, -0.2) is 38.0 Å². The predicted molar refractivity (Wildman–Crippen MR) is 112 cm³/mol. The van der Waals surface area contributed by atoms with Gasteiger partial charge < -0.3 is 25.0 Å². The van der Waals surface area contributed by atoms with Gasteiger partial charge in [-0.1, -0.05) is 0 Å². The molecule has 0 aliphatic carbocycles. The summed E-state index contributed by atoms with van der Waals surface area (Å²) >= 11 is 5.32. The molecule has 1 aliphatic heterocycles. The minimum Gasteiger partial charge on any atom is -0.494 e. The summed E-state index contributed by atoms with van der Waals surface area (Å²) in [5.41, 5.74) is 0.911. The van der Waals surface area contributed by atoms with Gasteiger partial charge in [-0.3, -0.25) is 0 Å². The van der Waals surface area contributed by atoms with Crippen molar-refractivity contribution in [3.05, 3.63) is 48.0 Å². The minimum absolute atomic E-state index is 0.197. The highest BCUT2D eigenvalue weighted by molar-refractivity contribution is 7.80. The molecule has 1 saturated heterocycles. The molecule has 0 unspecified atom stereocenters. The normalized spacial score (nSPS) is 14.4. The molecule has 2 aromatic rings. The van der Waals surface area contributed by atoms with Crippen LogP contribution in [0.2, 0.25) is 0 Å². The summed E-state index contributed by atoms with van der Waals surface area (Å²) in [6.07, 6.45) is -4.44. The monoisotopic (exact) mass is 425 g/mol. The van der Waals surface area contributed by atoms with E-state index in [0.29, 0.717) is 50.0 Å². The number of ether oxygens (including phenoxy) is 2. The van der Waals surface area contributed by atoms with E-state index in [0.717, 1.165) is 17.9 Å². The van der Waals surface area contributed by atoms with Crippen LogP contribution in [0.5, 0.6) is 5.75 Å². The van der Waals surface area contributed by atoms with Gasteiger partial charge >= 0.3 is 6.18 Å². The molecule has 0 aromatic heterocycles. The molecule has 1 heterocycles. The van der Waals surface area contributed by atoms with Crippen molar-refractivity contribution in [1.82, 2.24) is 0 Å². The molecule has 29 heavy (non-hydrogen) atoms. The van der Waals surface area contributed by atoms with Crippen LogP contribution in [0.1, 0.15) is 12.5 Å². The summed E-state index contributed by atoms with van der Waals surface area (Å²) in [6, 6.07) is 10.8. The predicted octanol–water partition coefficient (Wildman–Crippen LogP) is 4.75. The zero-order valence-corrected chi connectivity index (χ0v) is 16.7. The molecule has 1 fully saturated rings. The van der Waals surface area contributed by atoms with Gasteiger partial charge in [0.1, 0.15) is 5.75 Å². The first-order chi connectivity index (χ1) is 13.9. The highest BCUT2D eigenvalue weighted by atomic mass is 32.1. The summed E-state index contributed by atoms with van der Waals surface area (Å²) in [5.74, 6) is 0.726. The molecular weight excluding hydrogens is 403 g/mol. The number of anilines is 3. The van der Waals surface area contributed by atoms with Crippen LogP contribution in [0.15, 0.2) is 42.5 Å². The number of nitrogens with zero attached hydrogens (tertiary/aromatic N) is 1. The SMILES string of the molecule is CCOc1ccc(NC(=S)Nc2cc(C(F)(F)F)ccc2N2CCOCC2)cc1. The molecule has 156 valence electrons. The van der Waals surface area contributed by atoms with Crippen molar-refractivity contribution in [2.75, 3.05) is 48.4 Å². The van der Waals surface area contributed by atoms with Crippen molar-refractivity contribution < 1.29 is 22.6 Å². The summed E-state index contributed by atoms with van der Waals surface area (Å²) in [4.78, 5) is 1.98. The number of hydrogen-bond acceptors (Lipinski definition) is 4. The lowest BCUT2D eigenvalue weighted by Crippen LogP contribution is -2.37. The Morgan fingerprint density at radius 3 is 2.41 bits per heavy atom. The summed E-state index contributed by atoms with van der Waals surface area (Å²) in [7, 11) is 0. The number of morpholine rings is 1. The van der Waals surface area contributed by atoms with E-state index in [2.05, 4.69) is 10.6 Å². The second-order valence-electron chi connectivity index (χ2n) is 6.37. The van der Waals surface area contributed by atoms with Gasteiger partial charge in [0.05, 0.1) is 36.8 Å². The smallest absolute Gasteiger partial charge is 0.416 e. The zero-order chi connectivity index (χ0) is 20.9. The topological polar surface area (TPSA) is 45.8 Å². The first-order valence-electron chi connectivity index (χ1n) is 9.21. The molecule has 0 saturated carbocycles. The van der Waals surface area contributed by atoms with Crippen LogP contribution in [0.25, 0.3) is 0 Å². The summed E-state index contributed by atoms with van der Waals surface area (Å²) < 4.78 is 50.3. The van der Waals surface area contributed by atoms with Crippen molar-refractivity contribution in [1.29, 1.82) is 0 Å². The number of thiocarbonyl (C=S) groups is 1. The molecule has 0 atom stereocenters. The number of rotatable bonds is 5. The zero-order valence-electron chi connectivity index (χ0n) is 15.9. The van der Waals surface area contributed by atoms with E-state index in [-0.39, 0.29) is 5.11 Å². The first-order valence-corrected chi connectivity index (χ1v) is 9.62. The van der Waals surface area contributed by atoms with Crippen molar-refractivity contribution in [3.63, 3.8) is 0 Å². The average Bonchev–Trinajstić information content (AvgIpc) is 2.69. The molecule has 0 amide bonds. The molecule has 1 aliphatic rings. The maximum Gasteiger partial charge on any atom is 0.416 e. The Hall–Kier alpha value is -2.52. The van der Waals surface area contributed by atoms with Gasteiger partial charge in [0.2, 0.25) is 0 Å². The van der Waals surface area contributed by atoms with E-state index in [1.165, 1.54) is 6.07 Å². The van der Waals surface area contributed by atoms with Crippen LogP contribution < -0.4 is 20.3 Å². The van der Waals surface area contributed by atoms with Gasteiger partial charge in [-0.25, -0.2) is 0 Å². The Morgan fingerprint density at radius 2 is 1.79 bits per heavy atom. The van der Waals surface area contributed by atoms with E-state index < -0.39 is 11.7 Å². The van der Waals surface area contributed by atoms with Gasteiger partial charge in [0.25, 0.3) is 0 Å². The fourth-order valence-corrected chi connectivity index (χ4v) is 3.21. The lowest BCUT2D eigenvalue weighted by molar-refractivity contribution is -0.137. The summed E-state index contributed by atoms with van der Waals surface area (Å²) in [6.45, 7) is 4.70. The van der Waals surface area contributed by atoms with Crippen molar-refractivity contribution in [2.45, 2.75) is 13.1 Å². The number of alkyl halides is 3. The lowest BCUT2D eigenvalue weighted by Gasteiger charge is -2.31. The van der Waals surface area contributed by atoms with Gasteiger partial charge in [0, 0.05) is 18.8 Å². The van der Waals surface area contributed by atoms with Crippen molar-refractivity contribution >= 4 is 34.4 Å². The largest absolute Gasteiger partial charge is 0.494 e. The highest BCUT2D eigenvalue weighted by Crippen LogP contribution is 2.36. The van der Waals surface area contributed by atoms with Gasteiger partial charge in [-0.15, -0.1) is 0 Å². The van der Waals surface area contributed by atoms with E-state index >= 15 is 0 Å². The maximum absolute atomic E-state index is 13.2. The van der Waals surface area contributed by atoms with Crippen LogP contribution in [0, 0.1) is 0 Å². The lowest BCUT2D eigenvalue weighted by atomic mass is 10.1. The van der Waals surface area contributed by atoms with Crippen molar-refractivity contribution in [3.8, 4) is 5.75 Å². The Labute approximate surface area is 172 Å². The van der Waals surface area contributed by atoms with Gasteiger partial charge in [-0.05, 0) is 61.6 Å². The molecule has 0 radical (unpaired) electrons. The number of nitrogens with one attached hydrogen (secondary N) is 2. The molecule has 3 rings (SSSR count). The van der Waals surface area contributed by atoms with E-state index in [4.69, 9.17) is 21.7 Å². The van der Waals surface area contributed by atoms with Gasteiger partial charge in [-0.2, -0.15) is 13.2 Å². The molecule has 0 spiro atoms. The maximum atomic E-state index is 13.2. The fourth-order valence-electron chi connectivity index (χ4n) is 2.98. The second-order valence-corrected chi connectivity index (χ2v) is 6.77. The van der Waals surface area contributed by atoms with Crippen LogP contribution in [0.3, 0.4) is 0 Å². The second kappa shape index (κ2) is 9.32. The Kier molecular flexibility index (Phi) is 6.81. The van der Waals surface area contributed by atoms with E-state index in [1.54, 1.807) is 24.3 Å². The highest BCUT2D eigenvalue weighted by Gasteiger charge is 2.31. The molecular formula is C20H22F3N3O2S. The molecule has 5 nitrogen and oxygen atoms in total.